The van der Waals surface area contributed by atoms with Gasteiger partial charge in [-0.1, -0.05) is 273 Å². The highest BCUT2D eigenvalue weighted by molar-refractivity contribution is 7.47. The van der Waals surface area contributed by atoms with Gasteiger partial charge in [-0.3, -0.25) is 37.3 Å². The summed E-state index contributed by atoms with van der Waals surface area (Å²) in [5.74, 6) is -2.21. The van der Waals surface area contributed by atoms with Crippen LogP contribution in [-0.2, 0) is 65.4 Å². The number of hydrogen-bond acceptors (Lipinski definition) is 15. The lowest BCUT2D eigenvalue weighted by Crippen LogP contribution is -2.30. The van der Waals surface area contributed by atoms with E-state index in [1.807, 2.05) is 0 Å². The van der Waals surface area contributed by atoms with E-state index in [1.165, 1.54) is 109 Å². The fourth-order valence-electron chi connectivity index (χ4n) is 10.7. The molecule has 0 saturated heterocycles. The number of rotatable bonds is 75. The van der Waals surface area contributed by atoms with Crippen molar-refractivity contribution < 1.29 is 80.2 Å². The van der Waals surface area contributed by atoms with Crippen molar-refractivity contribution in [2.45, 2.75) is 367 Å². The van der Waals surface area contributed by atoms with Crippen LogP contribution in [0.25, 0.3) is 0 Å². The molecule has 3 N–H and O–H groups in total. The molecule has 0 bridgehead atoms. The monoisotopic (exact) mass is 1450 g/mol. The number of aliphatic hydroxyl groups is 1. The number of esters is 4. The van der Waals surface area contributed by atoms with Crippen molar-refractivity contribution in [2.24, 2.45) is 0 Å². The van der Waals surface area contributed by atoms with Gasteiger partial charge in [-0.2, -0.15) is 0 Å². The molecular formula is C81H144O17P2. The smallest absolute Gasteiger partial charge is 0.462 e. The van der Waals surface area contributed by atoms with Gasteiger partial charge in [-0.25, -0.2) is 9.13 Å². The lowest BCUT2D eigenvalue weighted by atomic mass is 10.1. The third-order valence-corrected chi connectivity index (χ3v) is 18.8. The Bertz CT molecular complexity index is 2230. The van der Waals surface area contributed by atoms with Crippen molar-refractivity contribution in [3.8, 4) is 0 Å². The van der Waals surface area contributed by atoms with Crippen LogP contribution in [0.4, 0.5) is 0 Å². The van der Waals surface area contributed by atoms with Crippen LogP contribution in [-0.4, -0.2) is 96.7 Å². The van der Waals surface area contributed by atoms with Crippen LogP contribution >= 0.6 is 15.6 Å². The van der Waals surface area contributed by atoms with Crippen LogP contribution < -0.4 is 0 Å². The number of hydrogen-bond donors (Lipinski definition) is 3. The first-order valence-electron chi connectivity index (χ1n) is 39.9. The van der Waals surface area contributed by atoms with Crippen molar-refractivity contribution >= 4 is 39.5 Å². The van der Waals surface area contributed by atoms with Gasteiger partial charge < -0.3 is 33.8 Å². The van der Waals surface area contributed by atoms with Crippen molar-refractivity contribution in [3.63, 3.8) is 0 Å². The molecule has 0 aliphatic heterocycles. The van der Waals surface area contributed by atoms with Crippen LogP contribution in [0.5, 0.6) is 0 Å². The second kappa shape index (κ2) is 73.5. The first-order valence-corrected chi connectivity index (χ1v) is 42.9. The molecule has 0 aromatic carbocycles. The molecule has 0 radical (unpaired) electrons. The van der Waals surface area contributed by atoms with Gasteiger partial charge in [-0.15, -0.1) is 0 Å². The van der Waals surface area contributed by atoms with E-state index in [0.717, 1.165) is 161 Å². The Kier molecular flexibility index (Phi) is 70.8. The predicted molar refractivity (Wildman–Crippen MR) is 409 cm³/mol. The average molecular weight is 1450 g/mol. The van der Waals surface area contributed by atoms with Crippen molar-refractivity contribution in [2.75, 3.05) is 39.6 Å². The van der Waals surface area contributed by atoms with E-state index in [1.54, 1.807) is 0 Å². The highest BCUT2D eigenvalue weighted by atomic mass is 31.2. The molecule has 100 heavy (non-hydrogen) atoms. The minimum atomic E-state index is -4.98. The molecule has 0 heterocycles. The molecule has 0 aliphatic carbocycles. The van der Waals surface area contributed by atoms with Gasteiger partial charge in [0, 0.05) is 25.7 Å². The Morgan fingerprint density at radius 3 is 0.840 bits per heavy atom. The largest absolute Gasteiger partial charge is 0.472 e. The SMILES string of the molecule is CCCCC/C=C\C/C=C\CCCCCCCC(=O)O[C@H](COC(=O)CCCCCCC/C=C\C=C/CCCCCC)COP(=O)(O)OC[C@@H](O)COP(=O)(O)OC[C@@H](COC(=O)CCCCCCC/C=C\C=C/CCCCCC)OC(=O)CCCCCCC/C=C\CCCCCCCC. The molecule has 2 unspecified atom stereocenters. The summed E-state index contributed by atoms with van der Waals surface area (Å²) in [6.45, 7) is 4.79. The highest BCUT2D eigenvalue weighted by Crippen LogP contribution is 2.45. The Labute approximate surface area is 608 Å². The van der Waals surface area contributed by atoms with Crippen LogP contribution in [0.1, 0.15) is 349 Å². The molecule has 19 heteroatoms. The van der Waals surface area contributed by atoms with Crippen molar-refractivity contribution in [1.82, 2.24) is 0 Å². The summed E-state index contributed by atoms with van der Waals surface area (Å²) in [5.41, 5.74) is 0. The summed E-state index contributed by atoms with van der Waals surface area (Å²) in [5, 5.41) is 10.6. The fourth-order valence-corrected chi connectivity index (χ4v) is 12.3. The number of allylic oxidation sites excluding steroid dienone is 14. The number of ether oxygens (including phenoxy) is 4. The summed E-state index contributed by atoms with van der Waals surface area (Å²) in [7, 11) is -9.96. The zero-order valence-electron chi connectivity index (χ0n) is 63.4. The van der Waals surface area contributed by atoms with Gasteiger partial charge in [0.15, 0.2) is 12.2 Å². The van der Waals surface area contributed by atoms with E-state index in [9.17, 15) is 43.2 Å². The molecule has 580 valence electrons. The van der Waals surface area contributed by atoms with Crippen molar-refractivity contribution in [3.05, 3.63) is 85.1 Å². The topological polar surface area (TPSA) is 237 Å². The zero-order chi connectivity index (χ0) is 73.2. The summed E-state index contributed by atoms with van der Waals surface area (Å²) in [4.78, 5) is 73.0. The van der Waals surface area contributed by atoms with E-state index in [2.05, 4.69) is 113 Å². The molecule has 0 saturated carbocycles. The maximum Gasteiger partial charge on any atom is 0.472 e. The third-order valence-electron chi connectivity index (χ3n) is 16.9. The standard InChI is InChI=1S/C81H144O17P2/c1-5-9-13-17-21-25-29-33-37-41-45-49-53-57-61-65-78(83)91-71-76(97-80(85)67-63-59-55-51-47-43-39-35-31-27-23-19-15-11-7-3)73-95-99(87,88)93-69-75(82)70-94-100(89,90)96-74-77(98-81(86)68-64-60-56-52-48-44-40-36-32-28-24-20-16-12-8-4)72-92-79(84)66-62-58-54-50-46-42-38-34-30-26-22-18-14-10-6-2/h23,25-27,29-30,33-40,75-77,82H,5-22,24,28,31-32,41-74H2,1-4H3,(H,87,88)(H,89,90)/b27-23-,29-25-,30-26-,37-33-,38-34-,39-35-,40-36-/t75-,76-,77-/m1/s1. The Morgan fingerprint density at radius 2 is 0.520 bits per heavy atom. The Hall–Kier alpha value is -3.76. The zero-order valence-corrected chi connectivity index (χ0v) is 65.2. The maximum absolute atomic E-state index is 13.1. The lowest BCUT2D eigenvalue weighted by Gasteiger charge is -2.21. The molecule has 0 amide bonds. The second-order valence-corrected chi connectivity index (χ2v) is 29.6. The predicted octanol–water partition coefficient (Wildman–Crippen LogP) is 23.0. The second-order valence-electron chi connectivity index (χ2n) is 26.7. The van der Waals surface area contributed by atoms with E-state index < -0.39 is 97.5 Å². The molecule has 0 aliphatic rings. The van der Waals surface area contributed by atoms with Gasteiger partial charge in [0.2, 0.25) is 0 Å². The minimum absolute atomic E-state index is 0.0764. The summed E-state index contributed by atoms with van der Waals surface area (Å²) >= 11 is 0. The van der Waals surface area contributed by atoms with Gasteiger partial charge in [-0.05, 0) is 135 Å². The van der Waals surface area contributed by atoms with Crippen molar-refractivity contribution in [1.29, 1.82) is 0 Å². The normalized spacial score (nSPS) is 14.3. The molecule has 0 rings (SSSR count). The minimum Gasteiger partial charge on any atom is -0.462 e. The summed E-state index contributed by atoms with van der Waals surface area (Å²) < 4.78 is 68.6. The van der Waals surface area contributed by atoms with E-state index in [4.69, 9.17) is 37.0 Å². The molecule has 0 aromatic heterocycles. The maximum atomic E-state index is 13.1. The molecule has 17 nitrogen and oxygen atoms in total. The summed E-state index contributed by atoms with van der Waals surface area (Å²) in [6.07, 6.45) is 75.5. The number of carbonyl (C=O) groups excluding carboxylic acids is 4. The molecular weight excluding hydrogens is 1310 g/mol. The highest BCUT2D eigenvalue weighted by Gasteiger charge is 2.30. The lowest BCUT2D eigenvalue weighted by molar-refractivity contribution is -0.161. The first-order chi connectivity index (χ1) is 48.7. The van der Waals surface area contributed by atoms with Gasteiger partial charge in [0.25, 0.3) is 0 Å². The van der Waals surface area contributed by atoms with Gasteiger partial charge in [0.05, 0.1) is 26.4 Å². The number of phosphoric ester groups is 2. The molecule has 0 fully saturated rings. The number of carbonyl (C=O) groups is 4. The van der Waals surface area contributed by atoms with Crippen LogP contribution in [0, 0.1) is 0 Å². The van der Waals surface area contributed by atoms with E-state index in [0.29, 0.717) is 25.7 Å². The summed E-state index contributed by atoms with van der Waals surface area (Å²) in [6, 6.07) is 0. The van der Waals surface area contributed by atoms with Gasteiger partial charge in [0.1, 0.15) is 19.3 Å². The van der Waals surface area contributed by atoms with Crippen LogP contribution in [0.3, 0.4) is 0 Å². The van der Waals surface area contributed by atoms with Crippen LogP contribution in [0.15, 0.2) is 85.1 Å². The molecule has 0 spiro atoms. The van der Waals surface area contributed by atoms with Gasteiger partial charge >= 0.3 is 39.5 Å². The quantitative estimate of drug-likeness (QED) is 0.0128. The third kappa shape index (κ3) is 72.6. The fraction of sp³-hybridized carbons (Fsp3) is 0.778. The van der Waals surface area contributed by atoms with E-state index in [-0.39, 0.29) is 25.7 Å². The number of unbranched alkanes of at least 4 members (excludes halogenated alkanes) is 37. The Morgan fingerprint density at radius 1 is 0.290 bits per heavy atom. The Balaban J connectivity index is 5.39. The first kappa shape index (κ1) is 96.2. The number of phosphoric acid groups is 2. The number of aliphatic hydroxyl groups excluding tert-OH is 1. The molecule has 5 atom stereocenters. The molecule has 0 aromatic rings. The van der Waals surface area contributed by atoms with E-state index >= 15 is 0 Å². The average Bonchev–Trinajstić information content (AvgIpc) is 1.25. The van der Waals surface area contributed by atoms with Crippen LogP contribution in [0.2, 0.25) is 0 Å².